The summed E-state index contributed by atoms with van der Waals surface area (Å²) in [5.74, 6) is -6.04. The summed E-state index contributed by atoms with van der Waals surface area (Å²) in [6, 6.07) is 5.18. The lowest BCUT2D eigenvalue weighted by atomic mass is 10.00. The number of rotatable bonds is 5. The van der Waals surface area contributed by atoms with Crippen LogP contribution in [0.3, 0.4) is 0 Å². The Bertz CT molecular complexity index is 1520. The largest absolute Gasteiger partial charge is 0.458 e. The van der Waals surface area contributed by atoms with Crippen LogP contribution in [0.1, 0.15) is 30.9 Å². The molecule has 0 bridgehead atoms. The molecule has 34 heavy (non-hydrogen) atoms. The van der Waals surface area contributed by atoms with Gasteiger partial charge in [-0.3, -0.25) is 4.79 Å². The van der Waals surface area contributed by atoms with E-state index in [-0.39, 0.29) is 11.1 Å². The maximum atomic E-state index is 13.8. The van der Waals surface area contributed by atoms with Gasteiger partial charge in [0.2, 0.25) is 0 Å². The van der Waals surface area contributed by atoms with E-state index in [0.29, 0.717) is 35.2 Å². The topological polar surface area (TPSA) is 106 Å². The van der Waals surface area contributed by atoms with Crippen molar-refractivity contribution in [2.24, 2.45) is 0 Å². The van der Waals surface area contributed by atoms with Crippen LogP contribution in [0, 0.1) is 11.3 Å². The molecule has 1 aliphatic rings. The van der Waals surface area contributed by atoms with Crippen LogP contribution in [0.2, 0.25) is 0 Å². The van der Waals surface area contributed by atoms with Crippen LogP contribution < -0.4 is 5.56 Å². The van der Waals surface area contributed by atoms with Crippen molar-refractivity contribution in [1.82, 2.24) is 14.8 Å². The number of pyridine rings is 1. The first kappa shape index (κ1) is 23.7. The highest BCUT2D eigenvalue weighted by Crippen LogP contribution is 2.48. The van der Waals surface area contributed by atoms with Crippen molar-refractivity contribution in [3.63, 3.8) is 0 Å². The van der Waals surface area contributed by atoms with Gasteiger partial charge in [0.1, 0.15) is 4.90 Å². The van der Waals surface area contributed by atoms with E-state index in [1.807, 2.05) is 0 Å². The third-order valence-corrected chi connectivity index (χ3v) is 7.50. The van der Waals surface area contributed by atoms with Crippen molar-refractivity contribution < 1.29 is 30.4 Å². The highest BCUT2D eigenvalue weighted by Gasteiger charge is 2.58. The molecule has 4 rings (SSSR count). The lowest BCUT2D eigenvalue weighted by molar-refractivity contribution is -0.289. The third kappa shape index (κ3) is 3.62. The zero-order valence-corrected chi connectivity index (χ0v) is 18.2. The number of halogens is 5. The van der Waals surface area contributed by atoms with Gasteiger partial charge in [-0.05, 0) is 30.5 Å². The number of alkyl halides is 5. The Hall–Kier alpha value is -3.40. The number of hydrogen-bond donors (Lipinski definition) is 0. The minimum absolute atomic E-state index is 0.0269. The molecular formula is C21H15F5N4O3S. The van der Waals surface area contributed by atoms with Crippen LogP contribution in [0.5, 0.6) is 0 Å². The first-order valence-corrected chi connectivity index (χ1v) is 11.5. The molecule has 0 atom stereocenters. The molecule has 0 N–H and O–H groups in total. The fraction of sp³-hybridized carbons (Fsp3) is 0.333. The van der Waals surface area contributed by atoms with E-state index in [2.05, 4.69) is 16.2 Å². The van der Waals surface area contributed by atoms with E-state index in [1.165, 1.54) is 19.2 Å². The lowest BCUT2D eigenvalue weighted by Gasteiger charge is -2.20. The Kier molecular flexibility index (Phi) is 5.28. The van der Waals surface area contributed by atoms with Crippen LogP contribution in [0.25, 0.3) is 16.6 Å². The summed E-state index contributed by atoms with van der Waals surface area (Å²) in [5.41, 5.74) is -3.13. The van der Waals surface area contributed by atoms with Gasteiger partial charge >= 0.3 is 12.1 Å². The number of nitriles is 1. The van der Waals surface area contributed by atoms with Crippen molar-refractivity contribution >= 4 is 20.6 Å². The van der Waals surface area contributed by atoms with E-state index in [1.54, 1.807) is 0 Å². The number of fused-ring (bicyclic) bond motifs is 1. The number of aromatic nitrogens is 3. The van der Waals surface area contributed by atoms with Crippen molar-refractivity contribution in [2.75, 3.05) is 5.75 Å². The second-order valence-corrected chi connectivity index (χ2v) is 10.1. The van der Waals surface area contributed by atoms with Crippen LogP contribution in [-0.4, -0.2) is 35.1 Å². The van der Waals surface area contributed by atoms with Gasteiger partial charge in [-0.15, -0.1) is 0 Å². The second-order valence-electron chi connectivity index (χ2n) is 7.88. The summed E-state index contributed by atoms with van der Waals surface area (Å²) in [4.78, 5) is 16.7. The molecule has 2 aromatic heterocycles. The monoisotopic (exact) mass is 498 g/mol. The van der Waals surface area contributed by atoms with Gasteiger partial charge in [-0.1, -0.05) is 19.1 Å². The molecule has 0 aliphatic heterocycles. The molecule has 1 fully saturated rings. The zero-order valence-electron chi connectivity index (χ0n) is 17.4. The van der Waals surface area contributed by atoms with E-state index < -0.39 is 54.6 Å². The van der Waals surface area contributed by atoms with Crippen LogP contribution in [0.4, 0.5) is 22.0 Å². The smallest absolute Gasteiger partial charge is 0.267 e. The maximum Gasteiger partial charge on any atom is 0.458 e. The Morgan fingerprint density at radius 3 is 2.38 bits per heavy atom. The fourth-order valence-electron chi connectivity index (χ4n) is 3.48. The van der Waals surface area contributed by atoms with Crippen LogP contribution in [-0.2, 0) is 21.2 Å². The molecule has 1 aliphatic carbocycles. The predicted molar refractivity (Wildman–Crippen MR) is 109 cm³/mol. The average Bonchev–Trinajstić information content (AvgIpc) is 3.59. The summed E-state index contributed by atoms with van der Waals surface area (Å²) in [6.07, 6.45) is -2.62. The van der Waals surface area contributed by atoms with Gasteiger partial charge in [0, 0.05) is 17.1 Å². The normalized spacial score (nSPS) is 15.8. The summed E-state index contributed by atoms with van der Waals surface area (Å²) in [6.45, 7) is 1.35. The first-order valence-electron chi connectivity index (χ1n) is 9.89. The minimum Gasteiger partial charge on any atom is -0.267 e. The first-order chi connectivity index (χ1) is 15.8. The fourth-order valence-corrected chi connectivity index (χ4v) is 4.52. The lowest BCUT2D eigenvalue weighted by Crippen LogP contribution is -2.34. The van der Waals surface area contributed by atoms with Crippen molar-refractivity contribution in [3.05, 3.63) is 58.1 Å². The molecule has 178 valence electrons. The number of hydrogen-bond acceptors (Lipinski definition) is 6. The molecule has 0 saturated heterocycles. The molecule has 13 heteroatoms. The molecule has 0 amide bonds. The number of benzene rings is 1. The highest BCUT2D eigenvalue weighted by atomic mass is 32.2. The molecular weight excluding hydrogens is 483 g/mol. The van der Waals surface area contributed by atoms with E-state index in [9.17, 15) is 40.4 Å². The van der Waals surface area contributed by atoms with Crippen molar-refractivity contribution in [3.8, 4) is 11.9 Å². The molecule has 0 unspecified atom stereocenters. The Morgan fingerprint density at radius 1 is 1.15 bits per heavy atom. The third-order valence-electron chi connectivity index (χ3n) is 5.77. The predicted octanol–water partition coefficient (Wildman–Crippen LogP) is 3.78. The summed E-state index contributed by atoms with van der Waals surface area (Å²) < 4.78 is 92.2. The molecule has 2 heterocycles. The Labute approximate surface area is 189 Å². The van der Waals surface area contributed by atoms with E-state index >= 15 is 0 Å². The average molecular weight is 498 g/mol. The van der Waals surface area contributed by atoms with E-state index in [0.717, 1.165) is 12.3 Å². The van der Waals surface area contributed by atoms with Gasteiger partial charge in [0.25, 0.3) is 5.56 Å². The van der Waals surface area contributed by atoms with Crippen molar-refractivity contribution in [2.45, 2.75) is 42.2 Å². The summed E-state index contributed by atoms with van der Waals surface area (Å²) >= 11 is 0. The van der Waals surface area contributed by atoms with Gasteiger partial charge < -0.3 is 0 Å². The SMILES string of the molecule is CCS(=O)(=O)c1cc(C2(C#N)CC2)cnc1-n1ncc2ccc(C(F)(F)C(F)(F)F)cc2c1=O. The molecule has 1 saturated carbocycles. The van der Waals surface area contributed by atoms with Gasteiger partial charge in [0.05, 0.1) is 28.8 Å². The van der Waals surface area contributed by atoms with E-state index in [4.69, 9.17) is 0 Å². The quantitative estimate of drug-likeness (QED) is 0.496. The summed E-state index contributed by atoms with van der Waals surface area (Å²) in [5, 5.41) is 12.7. The van der Waals surface area contributed by atoms with Gasteiger partial charge in [0.15, 0.2) is 15.7 Å². The molecule has 1 aromatic carbocycles. The zero-order chi connectivity index (χ0) is 25.1. The van der Waals surface area contributed by atoms with Crippen LogP contribution >= 0.6 is 0 Å². The molecule has 0 radical (unpaired) electrons. The molecule has 3 aromatic rings. The Morgan fingerprint density at radius 2 is 1.82 bits per heavy atom. The highest BCUT2D eigenvalue weighted by molar-refractivity contribution is 7.91. The number of nitrogens with zero attached hydrogens (tertiary/aromatic N) is 4. The summed E-state index contributed by atoms with van der Waals surface area (Å²) in [7, 11) is -4.00. The maximum absolute atomic E-state index is 13.8. The second kappa shape index (κ2) is 7.56. The number of sulfone groups is 1. The molecule has 7 nitrogen and oxygen atoms in total. The van der Waals surface area contributed by atoms with Crippen molar-refractivity contribution in [1.29, 1.82) is 5.26 Å². The van der Waals surface area contributed by atoms with Gasteiger partial charge in [-0.25, -0.2) is 13.4 Å². The minimum atomic E-state index is -5.88. The van der Waals surface area contributed by atoms with Crippen LogP contribution in [0.15, 0.2) is 46.3 Å². The van der Waals surface area contributed by atoms with Gasteiger partial charge in [-0.2, -0.15) is 37.0 Å². The molecule has 0 spiro atoms. The standard InChI is InChI=1S/C21H15F5N4O3S/c1-2-34(32,33)16-8-14(19(11-27)5-6-19)10-28-17(16)30-18(31)15-7-13(4-3-12(15)9-29-30)20(22,23)21(24,25)26/h3-4,7-10H,2,5-6H2,1H3. The Balaban J connectivity index is 1.96.